The largest absolute Gasteiger partial charge is 0.375 e. The highest BCUT2D eigenvalue weighted by atomic mass is 35.5. The summed E-state index contributed by atoms with van der Waals surface area (Å²) in [5.74, 6) is 0.307. The summed E-state index contributed by atoms with van der Waals surface area (Å²) < 4.78 is 0. The number of nitrogen functional groups attached to an aromatic ring is 1. The second-order valence-corrected chi connectivity index (χ2v) is 5.72. The Morgan fingerprint density at radius 3 is 2.59 bits per heavy atom. The molecule has 1 aromatic heterocycles. The van der Waals surface area contributed by atoms with Crippen molar-refractivity contribution in [1.29, 1.82) is 0 Å². The number of halogens is 1. The van der Waals surface area contributed by atoms with Crippen LogP contribution in [-0.2, 0) is 0 Å². The first kappa shape index (κ1) is 12.4. The Labute approximate surface area is 110 Å². The number of hydrogen-bond donors (Lipinski definition) is 1. The quantitative estimate of drug-likeness (QED) is 0.887. The molecule has 0 fully saturated rings. The van der Waals surface area contributed by atoms with E-state index < -0.39 is 0 Å². The van der Waals surface area contributed by atoms with Gasteiger partial charge in [-0.1, -0.05) is 24.6 Å². The van der Waals surface area contributed by atoms with Gasteiger partial charge in [-0.2, -0.15) is 0 Å². The second kappa shape index (κ2) is 4.67. The first-order valence-electron chi connectivity index (χ1n) is 5.48. The maximum atomic E-state index is 5.97. The molecule has 0 saturated carbocycles. The SMILES string of the molecule is Cc1cc(Cl)ccc1C(C)c1sc(N)nc1C. The van der Waals surface area contributed by atoms with Crippen molar-refractivity contribution in [2.45, 2.75) is 26.7 Å². The summed E-state index contributed by atoms with van der Waals surface area (Å²) in [5.41, 5.74) is 9.25. The molecule has 90 valence electrons. The van der Waals surface area contributed by atoms with Crippen LogP contribution in [0, 0.1) is 13.8 Å². The van der Waals surface area contributed by atoms with Gasteiger partial charge < -0.3 is 5.73 Å². The highest BCUT2D eigenvalue weighted by Crippen LogP contribution is 2.34. The molecule has 1 unspecified atom stereocenters. The van der Waals surface area contributed by atoms with Crippen molar-refractivity contribution in [1.82, 2.24) is 4.98 Å². The van der Waals surface area contributed by atoms with Crippen molar-refractivity contribution in [3.05, 3.63) is 44.9 Å². The summed E-state index contributed by atoms with van der Waals surface area (Å²) >= 11 is 7.54. The van der Waals surface area contributed by atoms with Crippen LogP contribution in [0.3, 0.4) is 0 Å². The fraction of sp³-hybridized carbons (Fsp3) is 0.308. The zero-order chi connectivity index (χ0) is 12.6. The summed E-state index contributed by atoms with van der Waals surface area (Å²) in [6.07, 6.45) is 0. The van der Waals surface area contributed by atoms with E-state index in [0.29, 0.717) is 11.0 Å². The molecule has 4 heteroatoms. The first-order valence-corrected chi connectivity index (χ1v) is 6.67. The summed E-state index contributed by atoms with van der Waals surface area (Å²) in [7, 11) is 0. The zero-order valence-electron chi connectivity index (χ0n) is 10.1. The van der Waals surface area contributed by atoms with Gasteiger partial charge in [0.2, 0.25) is 0 Å². The van der Waals surface area contributed by atoms with Gasteiger partial charge in [-0.15, -0.1) is 11.3 Å². The van der Waals surface area contributed by atoms with Crippen molar-refractivity contribution in [3.63, 3.8) is 0 Å². The number of nitrogens with two attached hydrogens (primary N) is 1. The number of nitrogens with zero attached hydrogens (tertiary/aromatic N) is 1. The lowest BCUT2D eigenvalue weighted by atomic mass is 9.94. The third kappa shape index (κ3) is 2.45. The van der Waals surface area contributed by atoms with Crippen molar-refractivity contribution >= 4 is 28.1 Å². The van der Waals surface area contributed by atoms with Gasteiger partial charge in [0.15, 0.2) is 5.13 Å². The molecule has 2 rings (SSSR count). The minimum atomic E-state index is 0.307. The molecule has 2 N–H and O–H groups in total. The topological polar surface area (TPSA) is 38.9 Å². The molecule has 1 aromatic carbocycles. The van der Waals surface area contributed by atoms with Crippen LogP contribution in [0.15, 0.2) is 18.2 Å². The van der Waals surface area contributed by atoms with E-state index in [4.69, 9.17) is 17.3 Å². The molecule has 17 heavy (non-hydrogen) atoms. The molecule has 2 aromatic rings. The molecule has 2 nitrogen and oxygen atoms in total. The van der Waals surface area contributed by atoms with Gasteiger partial charge in [-0.25, -0.2) is 4.98 Å². The number of hydrogen-bond acceptors (Lipinski definition) is 3. The molecule has 0 spiro atoms. The van der Waals surface area contributed by atoms with Crippen LogP contribution in [0.5, 0.6) is 0 Å². The predicted octanol–water partition coefficient (Wildman–Crippen LogP) is 4.15. The highest BCUT2D eigenvalue weighted by Gasteiger charge is 2.16. The Hall–Kier alpha value is -1.06. The van der Waals surface area contributed by atoms with E-state index >= 15 is 0 Å². The molecule has 1 atom stereocenters. The van der Waals surface area contributed by atoms with Crippen LogP contribution in [0.4, 0.5) is 5.13 Å². The third-order valence-electron chi connectivity index (χ3n) is 2.94. The van der Waals surface area contributed by atoms with E-state index in [-0.39, 0.29) is 0 Å². The number of thiazole rings is 1. The molecular formula is C13H15ClN2S. The Bertz CT molecular complexity index is 548. The average molecular weight is 267 g/mol. The Morgan fingerprint density at radius 1 is 1.35 bits per heavy atom. The average Bonchev–Trinajstić information content (AvgIpc) is 2.57. The standard InChI is InChI=1S/C13H15ClN2S/c1-7-6-10(14)4-5-11(7)8(2)12-9(3)16-13(15)17-12/h4-6,8H,1-3H3,(H2,15,16). The fourth-order valence-corrected chi connectivity index (χ4v) is 3.23. The van der Waals surface area contributed by atoms with Gasteiger partial charge in [-0.3, -0.25) is 0 Å². The van der Waals surface area contributed by atoms with Gasteiger partial charge in [-0.05, 0) is 37.1 Å². The van der Waals surface area contributed by atoms with Crippen molar-refractivity contribution in [2.75, 3.05) is 5.73 Å². The van der Waals surface area contributed by atoms with Crippen LogP contribution in [0.1, 0.15) is 34.5 Å². The van der Waals surface area contributed by atoms with Crippen LogP contribution in [-0.4, -0.2) is 4.98 Å². The third-order valence-corrected chi connectivity index (χ3v) is 4.35. The lowest BCUT2D eigenvalue weighted by Gasteiger charge is -2.14. The van der Waals surface area contributed by atoms with Gasteiger partial charge in [0.05, 0.1) is 5.69 Å². The smallest absolute Gasteiger partial charge is 0.180 e. The lowest BCUT2D eigenvalue weighted by molar-refractivity contribution is 0.915. The maximum Gasteiger partial charge on any atom is 0.180 e. The molecule has 0 bridgehead atoms. The fourth-order valence-electron chi connectivity index (χ4n) is 2.10. The number of anilines is 1. The van der Waals surface area contributed by atoms with Crippen LogP contribution in [0.2, 0.25) is 5.02 Å². The first-order chi connectivity index (χ1) is 7.99. The van der Waals surface area contributed by atoms with Crippen molar-refractivity contribution in [2.24, 2.45) is 0 Å². The normalized spacial score (nSPS) is 12.7. The molecule has 0 aliphatic rings. The Morgan fingerprint density at radius 2 is 2.06 bits per heavy atom. The summed E-state index contributed by atoms with van der Waals surface area (Å²) in [6, 6.07) is 6.00. The van der Waals surface area contributed by atoms with Crippen LogP contribution in [0.25, 0.3) is 0 Å². The van der Waals surface area contributed by atoms with Gasteiger partial charge >= 0.3 is 0 Å². The van der Waals surface area contributed by atoms with Crippen LogP contribution < -0.4 is 5.73 Å². The number of rotatable bonds is 2. The second-order valence-electron chi connectivity index (χ2n) is 4.22. The molecule has 1 heterocycles. The van der Waals surface area contributed by atoms with E-state index in [0.717, 1.165) is 10.7 Å². The van der Waals surface area contributed by atoms with Gasteiger partial charge in [0, 0.05) is 15.8 Å². The van der Waals surface area contributed by atoms with Crippen LogP contribution >= 0.6 is 22.9 Å². The Balaban J connectivity index is 2.43. The molecule has 0 radical (unpaired) electrons. The van der Waals surface area contributed by atoms with Crippen molar-refractivity contribution in [3.8, 4) is 0 Å². The molecule has 0 amide bonds. The van der Waals surface area contributed by atoms with Gasteiger partial charge in [0.1, 0.15) is 0 Å². The molecule has 0 saturated heterocycles. The number of aryl methyl sites for hydroxylation is 2. The monoisotopic (exact) mass is 266 g/mol. The molecule has 0 aliphatic heterocycles. The predicted molar refractivity (Wildman–Crippen MR) is 75.0 cm³/mol. The van der Waals surface area contributed by atoms with E-state index in [2.05, 4.69) is 24.9 Å². The van der Waals surface area contributed by atoms with E-state index in [1.165, 1.54) is 16.0 Å². The summed E-state index contributed by atoms with van der Waals surface area (Å²) in [4.78, 5) is 5.50. The Kier molecular flexibility index (Phi) is 3.40. The highest BCUT2D eigenvalue weighted by molar-refractivity contribution is 7.15. The molecular weight excluding hydrogens is 252 g/mol. The zero-order valence-corrected chi connectivity index (χ0v) is 11.7. The van der Waals surface area contributed by atoms with Crippen molar-refractivity contribution < 1.29 is 0 Å². The van der Waals surface area contributed by atoms with E-state index in [9.17, 15) is 0 Å². The van der Waals surface area contributed by atoms with E-state index in [1.54, 1.807) is 11.3 Å². The lowest BCUT2D eigenvalue weighted by Crippen LogP contribution is -1.98. The minimum absolute atomic E-state index is 0.307. The summed E-state index contributed by atoms with van der Waals surface area (Å²) in [5, 5.41) is 1.41. The minimum Gasteiger partial charge on any atom is -0.375 e. The van der Waals surface area contributed by atoms with Gasteiger partial charge in [0.25, 0.3) is 0 Å². The number of aromatic nitrogens is 1. The molecule has 0 aliphatic carbocycles. The summed E-state index contributed by atoms with van der Waals surface area (Å²) in [6.45, 7) is 6.26. The maximum absolute atomic E-state index is 5.97. The number of benzene rings is 1. The van der Waals surface area contributed by atoms with E-state index in [1.807, 2.05) is 19.1 Å².